The van der Waals surface area contributed by atoms with Crippen LogP contribution in [0, 0.1) is 0 Å². The standard InChI is InChI=1S/C10H20N2O4.C8H18N2O2.3C2H6/c1-4-5-7(12(2)3)9(15)10(16)11-6-8(13)14;1-4-5-6(9-2)7(11)8(12)10-3;3*1-2/h7,9,15H,4-6H2,1-3H3,(H,11,16)(H,13,14);6-7,9,11H,4-5H2,1-3H3,(H,10,12);3*1-2H3. The summed E-state index contributed by atoms with van der Waals surface area (Å²) >= 11 is 0. The molecule has 6 N–H and O–H groups in total. The number of aliphatic hydroxyl groups excluding tert-OH is 2. The Kier molecular flexibility index (Phi) is 39.0. The van der Waals surface area contributed by atoms with Crippen LogP contribution in [0.15, 0.2) is 0 Å². The fourth-order valence-electron chi connectivity index (χ4n) is 2.54. The molecule has 4 unspecified atom stereocenters. The summed E-state index contributed by atoms with van der Waals surface area (Å²) in [6, 6.07) is -0.436. The molecule has 10 nitrogen and oxygen atoms in total. The molecule has 0 rings (SSSR count). The zero-order chi connectivity index (χ0) is 28.3. The molecule has 4 atom stereocenters. The minimum atomic E-state index is -1.20. The Morgan fingerprint density at radius 2 is 1.24 bits per heavy atom. The topological polar surface area (TPSA) is 151 Å². The van der Waals surface area contributed by atoms with Crippen molar-refractivity contribution in [1.29, 1.82) is 0 Å². The molecule has 0 aromatic rings. The quantitative estimate of drug-likeness (QED) is 0.239. The van der Waals surface area contributed by atoms with E-state index in [9.17, 15) is 24.6 Å². The number of hydrogen-bond donors (Lipinski definition) is 6. The molecule has 0 saturated carbocycles. The van der Waals surface area contributed by atoms with Crippen molar-refractivity contribution in [1.82, 2.24) is 20.9 Å². The number of carbonyl (C=O) groups is 3. The summed E-state index contributed by atoms with van der Waals surface area (Å²) in [6.07, 6.45) is 1.11. The van der Waals surface area contributed by atoms with Crippen LogP contribution < -0.4 is 16.0 Å². The van der Waals surface area contributed by atoms with Gasteiger partial charge in [-0.3, -0.25) is 14.4 Å². The molecular formula is C24H56N4O6. The number of aliphatic hydroxyl groups is 2. The smallest absolute Gasteiger partial charge is 0.322 e. The van der Waals surface area contributed by atoms with E-state index in [-0.39, 0.29) is 18.0 Å². The van der Waals surface area contributed by atoms with Crippen LogP contribution in [0.4, 0.5) is 0 Å². The highest BCUT2D eigenvalue weighted by atomic mass is 16.4. The molecule has 34 heavy (non-hydrogen) atoms. The van der Waals surface area contributed by atoms with Gasteiger partial charge in [0.25, 0.3) is 5.91 Å². The molecular weight excluding hydrogens is 440 g/mol. The van der Waals surface area contributed by atoms with Crippen molar-refractivity contribution in [2.75, 3.05) is 34.7 Å². The number of aliphatic carboxylic acids is 1. The number of rotatable bonds is 12. The Bertz CT molecular complexity index is 465. The highest BCUT2D eigenvalue weighted by molar-refractivity contribution is 5.84. The number of amides is 2. The number of nitrogens with zero attached hydrogens (tertiary/aromatic N) is 1. The monoisotopic (exact) mass is 496 g/mol. The molecule has 0 aromatic heterocycles. The minimum Gasteiger partial charge on any atom is -0.480 e. The third-order valence-electron chi connectivity index (χ3n) is 4.16. The predicted octanol–water partition coefficient (Wildman–Crippen LogP) is 1.84. The van der Waals surface area contributed by atoms with E-state index in [1.165, 1.54) is 7.05 Å². The summed E-state index contributed by atoms with van der Waals surface area (Å²) in [7, 11) is 6.80. The molecule has 0 bridgehead atoms. The molecule has 0 spiro atoms. The van der Waals surface area contributed by atoms with E-state index in [0.717, 1.165) is 19.3 Å². The number of carboxylic acids is 1. The minimum absolute atomic E-state index is 0.144. The summed E-state index contributed by atoms with van der Waals surface area (Å²) < 4.78 is 0. The molecule has 0 aliphatic carbocycles. The Balaban J connectivity index is -0.000000138. The van der Waals surface area contributed by atoms with Gasteiger partial charge < -0.3 is 36.2 Å². The van der Waals surface area contributed by atoms with Crippen LogP contribution >= 0.6 is 0 Å². The highest BCUT2D eigenvalue weighted by Crippen LogP contribution is 2.08. The first-order chi connectivity index (χ1) is 16.1. The van der Waals surface area contributed by atoms with Gasteiger partial charge in [0.05, 0.1) is 0 Å². The third-order valence-corrected chi connectivity index (χ3v) is 4.16. The van der Waals surface area contributed by atoms with Gasteiger partial charge in [0, 0.05) is 19.1 Å². The number of hydrogen-bond acceptors (Lipinski definition) is 7. The first kappa shape index (κ1) is 42.4. The van der Waals surface area contributed by atoms with Crippen LogP contribution in [-0.4, -0.2) is 97.0 Å². The van der Waals surface area contributed by atoms with Crippen LogP contribution in [0.5, 0.6) is 0 Å². The normalized spacial score (nSPS) is 12.8. The molecule has 10 heteroatoms. The van der Waals surface area contributed by atoms with Gasteiger partial charge in [-0.05, 0) is 34.0 Å². The van der Waals surface area contributed by atoms with Crippen molar-refractivity contribution in [2.45, 2.75) is 105 Å². The van der Waals surface area contributed by atoms with Crippen LogP contribution in [0.25, 0.3) is 0 Å². The average molecular weight is 497 g/mol. The van der Waals surface area contributed by atoms with E-state index in [1.54, 1.807) is 26.0 Å². The number of carboxylic acid groups (broad SMARTS) is 1. The molecule has 0 aliphatic heterocycles. The molecule has 0 aromatic carbocycles. The second kappa shape index (κ2) is 31.2. The van der Waals surface area contributed by atoms with Crippen molar-refractivity contribution in [2.24, 2.45) is 0 Å². The number of carbonyl (C=O) groups excluding carboxylic acids is 2. The van der Waals surface area contributed by atoms with Gasteiger partial charge >= 0.3 is 5.97 Å². The van der Waals surface area contributed by atoms with Gasteiger partial charge in [0.15, 0.2) is 0 Å². The maximum Gasteiger partial charge on any atom is 0.322 e. The van der Waals surface area contributed by atoms with E-state index in [0.29, 0.717) is 6.42 Å². The lowest BCUT2D eigenvalue weighted by atomic mass is 10.0. The number of likely N-dealkylation sites (N-methyl/N-ethyl adjacent to an activating group) is 3. The lowest BCUT2D eigenvalue weighted by Crippen LogP contribution is -2.49. The van der Waals surface area contributed by atoms with Gasteiger partial charge in [-0.15, -0.1) is 0 Å². The summed E-state index contributed by atoms with van der Waals surface area (Å²) in [6.45, 7) is 15.5. The predicted molar refractivity (Wildman–Crippen MR) is 141 cm³/mol. The number of nitrogens with one attached hydrogen (secondary N) is 3. The van der Waals surface area contributed by atoms with Crippen molar-refractivity contribution in [3.05, 3.63) is 0 Å². The van der Waals surface area contributed by atoms with E-state index in [4.69, 9.17) is 5.11 Å². The van der Waals surface area contributed by atoms with Crippen molar-refractivity contribution < 1.29 is 29.7 Å². The van der Waals surface area contributed by atoms with Crippen LogP contribution in [0.2, 0.25) is 0 Å². The van der Waals surface area contributed by atoms with Gasteiger partial charge in [-0.25, -0.2) is 0 Å². The molecule has 208 valence electrons. The summed E-state index contributed by atoms with van der Waals surface area (Å²) in [5.41, 5.74) is 0. The first-order valence-electron chi connectivity index (χ1n) is 12.5. The Labute approximate surface area is 208 Å². The Hall–Kier alpha value is -1.75. The molecule has 0 heterocycles. The Morgan fingerprint density at radius 3 is 1.53 bits per heavy atom. The van der Waals surface area contributed by atoms with E-state index in [2.05, 4.69) is 16.0 Å². The SMILES string of the molecule is CC.CC.CC.CCCC(C(O)C(=O)NCC(=O)O)N(C)C.CCCC(NC)C(O)C(=O)NC. The lowest BCUT2D eigenvalue weighted by Gasteiger charge is -2.27. The second-order valence-electron chi connectivity index (χ2n) is 6.62. The van der Waals surface area contributed by atoms with Crippen molar-refractivity contribution in [3.63, 3.8) is 0 Å². The van der Waals surface area contributed by atoms with Gasteiger partial charge in [-0.2, -0.15) is 0 Å². The second-order valence-corrected chi connectivity index (χ2v) is 6.62. The van der Waals surface area contributed by atoms with E-state index in [1.807, 2.05) is 55.4 Å². The fourth-order valence-corrected chi connectivity index (χ4v) is 2.54. The van der Waals surface area contributed by atoms with Crippen molar-refractivity contribution in [3.8, 4) is 0 Å². The van der Waals surface area contributed by atoms with Crippen LogP contribution in [-0.2, 0) is 14.4 Å². The zero-order valence-electron chi connectivity index (χ0n) is 23.9. The van der Waals surface area contributed by atoms with Gasteiger partial charge in [0.2, 0.25) is 5.91 Å². The van der Waals surface area contributed by atoms with E-state index < -0.39 is 30.6 Å². The summed E-state index contributed by atoms with van der Waals surface area (Å²) in [5.74, 6) is -2.10. The van der Waals surface area contributed by atoms with Gasteiger partial charge in [0.1, 0.15) is 18.8 Å². The van der Waals surface area contributed by atoms with Crippen molar-refractivity contribution >= 4 is 17.8 Å². The molecule has 0 aliphatic rings. The fraction of sp³-hybridized carbons (Fsp3) is 0.875. The Morgan fingerprint density at radius 1 is 0.794 bits per heavy atom. The lowest BCUT2D eigenvalue weighted by molar-refractivity contribution is -0.140. The highest BCUT2D eigenvalue weighted by Gasteiger charge is 2.27. The van der Waals surface area contributed by atoms with Crippen LogP contribution in [0.3, 0.4) is 0 Å². The third kappa shape index (κ3) is 23.4. The first-order valence-corrected chi connectivity index (χ1v) is 12.5. The summed E-state index contributed by atoms with van der Waals surface area (Å²) in [5, 5.41) is 35.0. The maximum atomic E-state index is 11.4. The molecule has 0 saturated heterocycles. The average Bonchev–Trinajstić information content (AvgIpc) is 2.86. The molecule has 0 radical (unpaired) electrons. The maximum absolute atomic E-state index is 11.4. The molecule has 0 fully saturated rings. The van der Waals surface area contributed by atoms with Gasteiger partial charge in [-0.1, -0.05) is 68.2 Å². The zero-order valence-corrected chi connectivity index (χ0v) is 23.9. The van der Waals surface area contributed by atoms with E-state index >= 15 is 0 Å². The molecule has 2 amide bonds. The largest absolute Gasteiger partial charge is 0.480 e. The summed E-state index contributed by atoms with van der Waals surface area (Å²) in [4.78, 5) is 34.4. The van der Waals surface area contributed by atoms with Crippen LogP contribution in [0.1, 0.15) is 81.1 Å².